The standard InChI is InChI=1S/C11H21NO/c1-8-7-11(9(2)13-8)12-10-5-3-4-6-10/h8-12H,3-7H2,1-2H3. The molecule has 0 bridgehead atoms. The lowest BCUT2D eigenvalue weighted by Crippen LogP contribution is -2.40. The molecule has 13 heavy (non-hydrogen) atoms. The van der Waals surface area contributed by atoms with Crippen LogP contribution >= 0.6 is 0 Å². The van der Waals surface area contributed by atoms with Gasteiger partial charge >= 0.3 is 0 Å². The van der Waals surface area contributed by atoms with Gasteiger partial charge in [-0.2, -0.15) is 0 Å². The molecule has 3 atom stereocenters. The zero-order valence-electron chi connectivity index (χ0n) is 8.75. The Kier molecular flexibility index (Phi) is 2.89. The van der Waals surface area contributed by atoms with Gasteiger partial charge in [0, 0.05) is 12.1 Å². The molecule has 2 nitrogen and oxygen atoms in total. The van der Waals surface area contributed by atoms with Crippen molar-refractivity contribution in [3.05, 3.63) is 0 Å². The van der Waals surface area contributed by atoms with Gasteiger partial charge in [0.05, 0.1) is 12.2 Å². The van der Waals surface area contributed by atoms with Crippen molar-refractivity contribution < 1.29 is 4.74 Å². The minimum atomic E-state index is 0.413. The number of hydrogen-bond donors (Lipinski definition) is 1. The van der Waals surface area contributed by atoms with Crippen molar-refractivity contribution in [2.45, 2.75) is 70.2 Å². The Morgan fingerprint density at radius 3 is 2.38 bits per heavy atom. The third kappa shape index (κ3) is 2.23. The summed E-state index contributed by atoms with van der Waals surface area (Å²) in [6.45, 7) is 4.36. The predicted octanol–water partition coefficient (Wildman–Crippen LogP) is 2.08. The first-order valence-corrected chi connectivity index (χ1v) is 5.67. The molecule has 1 saturated heterocycles. The van der Waals surface area contributed by atoms with Gasteiger partial charge < -0.3 is 10.1 Å². The van der Waals surface area contributed by atoms with Crippen molar-refractivity contribution in [2.24, 2.45) is 0 Å². The summed E-state index contributed by atoms with van der Waals surface area (Å²) in [5.74, 6) is 0. The summed E-state index contributed by atoms with van der Waals surface area (Å²) in [7, 11) is 0. The molecule has 0 aromatic carbocycles. The van der Waals surface area contributed by atoms with Gasteiger partial charge in [-0.25, -0.2) is 0 Å². The van der Waals surface area contributed by atoms with E-state index in [1.54, 1.807) is 0 Å². The van der Waals surface area contributed by atoms with Crippen LogP contribution in [0.1, 0.15) is 46.0 Å². The molecule has 2 heteroatoms. The molecule has 2 rings (SSSR count). The molecular weight excluding hydrogens is 162 g/mol. The maximum absolute atomic E-state index is 5.72. The highest BCUT2D eigenvalue weighted by Gasteiger charge is 2.31. The summed E-state index contributed by atoms with van der Waals surface area (Å²) in [5.41, 5.74) is 0. The molecule has 1 saturated carbocycles. The summed E-state index contributed by atoms with van der Waals surface area (Å²) in [4.78, 5) is 0. The molecule has 0 spiro atoms. The minimum Gasteiger partial charge on any atom is -0.374 e. The summed E-state index contributed by atoms with van der Waals surface area (Å²) in [6.07, 6.45) is 7.63. The third-order valence-corrected chi connectivity index (χ3v) is 3.40. The van der Waals surface area contributed by atoms with Crippen LogP contribution in [0.4, 0.5) is 0 Å². The fraction of sp³-hybridized carbons (Fsp3) is 1.00. The second-order valence-electron chi connectivity index (χ2n) is 4.64. The van der Waals surface area contributed by atoms with Gasteiger partial charge in [0.15, 0.2) is 0 Å². The molecule has 0 amide bonds. The lowest BCUT2D eigenvalue weighted by atomic mass is 10.1. The van der Waals surface area contributed by atoms with Crippen molar-refractivity contribution in [3.63, 3.8) is 0 Å². The van der Waals surface area contributed by atoms with Crippen LogP contribution in [0.15, 0.2) is 0 Å². The van der Waals surface area contributed by atoms with Crippen LogP contribution in [-0.4, -0.2) is 24.3 Å². The van der Waals surface area contributed by atoms with Crippen molar-refractivity contribution in [1.82, 2.24) is 5.32 Å². The largest absolute Gasteiger partial charge is 0.374 e. The van der Waals surface area contributed by atoms with E-state index in [2.05, 4.69) is 19.2 Å². The second-order valence-corrected chi connectivity index (χ2v) is 4.64. The third-order valence-electron chi connectivity index (χ3n) is 3.40. The van der Waals surface area contributed by atoms with Gasteiger partial charge in [-0.3, -0.25) is 0 Å². The highest BCUT2D eigenvalue weighted by molar-refractivity contribution is 4.87. The van der Waals surface area contributed by atoms with E-state index in [0.29, 0.717) is 18.2 Å². The van der Waals surface area contributed by atoms with E-state index in [0.717, 1.165) is 6.04 Å². The maximum Gasteiger partial charge on any atom is 0.0704 e. The molecule has 3 unspecified atom stereocenters. The average Bonchev–Trinajstić information content (AvgIpc) is 2.63. The van der Waals surface area contributed by atoms with Crippen molar-refractivity contribution in [2.75, 3.05) is 0 Å². The highest BCUT2D eigenvalue weighted by atomic mass is 16.5. The summed E-state index contributed by atoms with van der Waals surface area (Å²) in [5, 5.41) is 3.73. The summed E-state index contributed by atoms with van der Waals surface area (Å²) >= 11 is 0. The van der Waals surface area contributed by atoms with Crippen LogP contribution in [-0.2, 0) is 4.74 Å². The van der Waals surface area contributed by atoms with E-state index in [1.807, 2.05) is 0 Å². The molecule has 0 radical (unpaired) electrons. The van der Waals surface area contributed by atoms with Crippen LogP contribution in [0, 0.1) is 0 Å². The lowest BCUT2D eigenvalue weighted by Gasteiger charge is -2.20. The lowest BCUT2D eigenvalue weighted by molar-refractivity contribution is 0.0595. The Hall–Kier alpha value is -0.0800. The summed E-state index contributed by atoms with van der Waals surface area (Å²) in [6, 6.07) is 1.39. The Labute approximate surface area is 81.0 Å². The minimum absolute atomic E-state index is 0.413. The molecular formula is C11H21NO. The second kappa shape index (κ2) is 3.97. The monoisotopic (exact) mass is 183 g/mol. The van der Waals surface area contributed by atoms with E-state index in [1.165, 1.54) is 32.1 Å². The van der Waals surface area contributed by atoms with E-state index < -0.39 is 0 Å². The fourth-order valence-electron chi connectivity index (χ4n) is 2.66. The van der Waals surface area contributed by atoms with Crippen molar-refractivity contribution in [1.29, 1.82) is 0 Å². The predicted molar refractivity (Wildman–Crippen MR) is 53.8 cm³/mol. The average molecular weight is 183 g/mol. The van der Waals surface area contributed by atoms with Crippen molar-refractivity contribution in [3.8, 4) is 0 Å². The van der Waals surface area contributed by atoms with Crippen LogP contribution in [0.3, 0.4) is 0 Å². The SMILES string of the molecule is CC1CC(NC2CCCC2)C(C)O1. The molecule has 1 heterocycles. The molecule has 1 aliphatic carbocycles. The number of hydrogen-bond acceptors (Lipinski definition) is 2. The Balaban J connectivity index is 1.80. The van der Waals surface area contributed by atoms with E-state index in [-0.39, 0.29) is 0 Å². The quantitative estimate of drug-likeness (QED) is 0.707. The van der Waals surface area contributed by atoms with Crippen LogP contribution in [0.25, 0.3) is 0 Å². The van der Waals surface area contributed by atoms with E-state index >= 15 is 0 Å². The first-order chi connectivity index (χ1) is 6.25. The molecule has 0 aromatic rings. The fourth-order valence-corrected chi connectivity index (χ4v) is 2.66. The first-order valence-electron chi connectivity index (χ1n) is 5.67. The van der Waals surface area contributed by atoms with Gasteiger partial charge in [-0.15, -0.1) is 0 Å². The van der Waals surface area contributed by atoms with Gasteiger partial charge in [-0.1, -0.05) is 12.8 Å². The van der Waals surface area contributed by atoms with Crippen LogP contribution in [0.2, 0.25) is 0 Å². The summed E-state index contributed by atoms with van der Waals surface area (Å²) < 4.78 is 5.72. The Morgan fingerprint density at radius 2 is 1.85 bits per heavy atom. The van der Waals surface area contributed by atoms with Crippen molar-refractivity contribution >= 4 is 0 Å². The molecule has 2 fully saturated rings. The molecule has 0 aromatic heterocycles. The van der Waals surface area contributed by atoms with Gasteiger partial charge in [-0.05, 0) is 33.1 Å². The molecule has 2 aliphatic rings. The zero-order valence-corrected chi connectivity index (χ0v) is 8.75. The number of ether oxygens (including phenoxy) is 1. The molecule has 1 N–H and O–H groups in total. The van der Waals surface area contributed by atoms with Gasteiger partial charge in [0.2, 0.25) is 0 Å². The number of nitrogens with one attached hydrogen (secondary N) is 1. The Morgan fingerprint density at radius 1 is 1.15 bits per heavy atom. The van der Waals surface area contributed by atoms with Gasteiger partial charge in [0.25, 0.3) is 0 Å². The number of rotatable bonds is 2. The topological polar surface area (TPSA) is 21.3 Å². The zero-order chi connectivity index (χ0) is 9.26. The van der Waals surface area contributed by atoms with Crippen LogP contribution in [0.5, 0.6) is 0 Å². The van der Waals surface area contributed by atoms with E-state index in [9.17, 15) is 0 Å². The molecule has 76 valence electrons. The normalized spacial score (nSPS) is 41.5. The maximum atomic E-state index is 5.72. The Bertz CT molecular complexity index is 165. The first kappa shape index (κ1) is 9.47. The smallest absolute Gasteiger partial charge is 0.0704 e. The van der Waals surface area contributed by atoms with Gasteiger partial charge in [0.1, 0.15) is 0 Å². The van der Waals surface area contributed by atoms with Crippen LogP contribution < -0.4 is 5.32 Å². The highest BCUT2D eigenvalue weighted by Crippen LogP contribution is 2.24. The van der Waals surface area contributed by atoms with E-state index in [4.69, 9.17) is 4.74 Å². The molecule has 1 aliphatic heterocycles.